The van der Waals surface area contributed by atoms with Crippen molar-refractivity contribution >= 4 is 5.69 Å². The van der Waals surface area contributed by atoms with Gasteiger partial charge in [0.1, 0.15) is 17.8 Å². The minimum absolute atomic E-state index is 0.310. The van der Waals surface area contributed by atoms with E-state index in [2.05, 4.69) is 19.9 Å². The number of hydrogen-bond donors (Lipinski definition) is 0. The average Bonchev–Trinajstić information content (AvgIpc) is 3.62. The maximum Gasteiger partial charge on any atom is 0.434 e. The van der Waals surface area contributed by atoms with Crippen LogP contribution >= 0.6 is 0 Å². The van der Waals surface area contributed by atoms with Crippen molar-refractivity contribution in [2.75, 3.05) is 39.2 Å². The summed E-state index contributed by atoms with van der Waals surface area (Å²) in [6.45, 7) is 2.43. The van der Waals surface area contributed by atoms with Gasteiger partial charge >= 0.3 is 6.18 Å². The van der Waals surface area contributed by atoms with Gasteiger partial charge in [-0.15, -0.1) is 0 Å². The van der Waals surface area contributed by atoms with Crippen LogP contribution in [0.1, 0.15) is 41.4 Å². The van der Waals surface area contributed by atoms with Crippen LogP contribution in [-0.2, 0) is 32.7 Å². The molecule has 0 spiro atoms. The number of aromatic nitrogens is 6. The second-order valence-corrected chi connectivity index (χ2v) is 11.0. The lowest BCUT2D eigenvalue weighted by molar-refractivity contribution is -0.140. The van der Waals surface area contributed by atoms with E-state index in [4.69, 9.17) is 9.84 Å². The molecule has 0 bridgehead atoms. The molecule has 0 saturated heterocycles. The Bertz CT molecular complexity index is 1550. The van der Waals surface area contributed by atoms with Crippen molar-refractivity contribution in [1.29, 1.82) is 0 Å². The standard InChI is InChI=1S/C29H33F3N8O/c1-37(2)13-14-40-16-23(29(30,31)32)35-27(40)19-7-9-20(10-8-19)39-12-11-22-21(15-39)26(36-38(22)3)24-25(18-5-6-18)33-17-34-28(24)41-4/h7-10,16-18H,5-6,11-15H2,1-4H3. The second kappa shape index (κ2) is 10.5. The molecule has 9 nitrogen and oxygen atoms in total. The summed E-state index contributed by atoms with van der Waals surface area (Å²) in [5.41, 5.74) is 5.74. The maximum atomic E-state index is 13.5. The number of rotatable bonds is 8. The van der Waals surface area contributed by atoms with Gasteiger partial charge in [-0.2, -0.15) is 18.3 Å². The summed E-state index contributed by atoms with van der Waals surface area (Å²) in [6.07, 6.45) is 1.15. The van der Waals surface area contributed by atoms with Gasteiger partial charge in [-0.3, -0.25) is 4.68 Å². The van der Waals surface area contributed by atoms with Crippen molar-refractivity contribution in [2.24, 2.45) is 7.05 Å². The molecule has 0 radical (unpaired) electrons. The van der Waals surface area contributed by atoms with E-state index in [9.17, 15) is 13.2 Å². The average molecular weight is 567 g/mol. The first-order valence-corrected chi connectivity index (χ1v) is 13.7. The number of hydrogen-bond acceptors (Lipinski definition) is 7. The van der Waals surface area contributed by atoms with Gasteiger partial charge < -0.3 is 19.1 Å². The van der Waals surface area contributed by atoms with Crippen molar-refractivity contribution in [1.82, 2.24) is 34.2 Å². The second-order valence-electron chi connectivity index (χ2n) is 11.0. The van der Waals surface area contributed by atoms with Crippen LogP contribution in [0.5, 0.6) is 5.88 Å². The number of benzene rings is 1. The molecule has 1 saturated carbocycles. The van der Waals surface area contributed by atoms with E-state index in [1.54, 1.807) is 18.0 Å². The van der Waals surface area contributed by atoms with E-state index >= 15 is 0 Å². The van der Waals surface area contributed by atoms with Gasteiger partial charge in [-0.1, -0.05) is 0 Å². The van der Waals surface area contributed by atoms with Crippen LogP contribution in [0.3, 0.4) is 0 Å². The number of methoxy groups -OCH3 is 1. The van der Waals surface area contributed by atoms with Crippen LogP contribution in [0, 0.1) is 0 Å². The lowest BCUT2D eigenvalue weighted by atomic mass is 9.98. The van der Waals surface area contributed by atoms with Crippen molar-refractivity contribution in [3.63, 3.8) is 0 Å². The number of aryl methyl sites for hydroxylation is 1. The molecule has 1 aromatic carbocycles. The number of fused-ring (bicyclic) bond motifs is 1. The smallest absolute Gasteiger partial charge is 0.434 e. The van der Waals surface area contributed by atoms with Crippen molar-refractivity contribution in [2.45, 2.75) is 44.4 Å². The zero-order valence-electron chi connectivity index (χ0n) is 23.6. The molecular weight excluding hydrogens is 533 g/mol. The molecule has 0 N–H and O–H groups in total. The molecule has 4 heterocycles. The summed E-state index contributed by atoms with van der Waals surface area (Å²) in [5.74, 6) is 1.24. The van der Waals surface area contributed by atoms with Crippen LogP contribution in [0.25, 0.3) is 22.6 Å². The molecule has 1 aliphatic carbocycles. The Hall–Kier alpha value is -3.93. The van der Waals surface area contributed by atoms with E-state index < -0.39 is 11.9 Å². The molecule has 1 fully saturated rings. The van der Waals surface area contributed by atoms with Gasteiger partial charge in [-0.25, -0.2) is 15.0 Å². The Morgan fingerprint density at radius 3 is 2.51 bits per heavy atom. The predicted octanol–water partition coefficient (Wildman–Crippen LogP) is 4.77. The molecule has 216 valence electrons. The van der Waals surface area contributed by atoms with Gasteiger partial charge in [-0.05, 0) is 51.2 Å². The fourth-order valence-corrected chi connectivity index (χ4v) is 5.52. The normalized spacial score (nSPS) is 15.5. The van der Waals surface area contributed by atoms with Crippen LogP contribution < -0.4 is 9.64 Å². The van der Waals surface area contributed by atoms with Crippen molar-refractivity contribution in [3.8, 4) is 28.5 Å². The van der Waals surface area contributed by atoms with Gasteiger partial charge in [0.05, 0.1) is 18.4 Å². The maximum absolute atomic E-state index is 13.5. The molecule has 4 aromatic rings. The first-order chi connectivity index (χ1) is 19.6. The van der Waals surface area contributed by atoms with Crippen LogP contribution in [0.4, 0.5) is 18.9 Å². The summed E-state index contributed by atoms with van der Waals surface area (Å²) >= 11 is 0. The molecule has 12 heteroatoms. The molecule has 2 aliphatic rings. The highest BCUT2D eigenvalue weighted by Gasteiger charge is 2.36. The van der Waals surface area contributed by atoms with E-state index in [1.165, 1.54) is 5.69 Å². The third-order valence-corrected chi connectivity index (χ3v) is 7.82. The van der Waals surface area contributed by atoms with Crippen molar-refractivity contribution < 1.29 is 17.9 Å². The number of anilines is 1. The zero-order valence-corrected chi connectivity index (χ0v) is 23.6. The molecule has 41 heavy (non-hydrogen) atoms. The highest BCUT2D eigenvalue weighted by molar-refractivity contribution is 5.73. The topological polar surface area (TPSA) is 77.1 Å². The Morgan fingerprint density at radius 2 is 1.85 bits per heavy atom. The lowest BCUT2D eigenvalue weighted by Gasteiger charge is -2.30. The Kier molecular flexibility index (Phi) is 6.96. The number of alkyl halides is 3. The minimum atomic E-state index is -4.50. The quantitative estimate of drug-likeness (QED) is 0.304. The van der Waals surface area contributed by atoms with E-state index in [0.717, 1.165) is 60.2 Å². The number of nitrogens with zero attached hydrogens (tertiary/aromatic N) is 8. The summed E-state index contributed by atoms with van der Waals surface area (Å²) in [4.78, 5) is 17.2. The zero-order chi connectivity index (χ0) is 28.9. The third kappa shape index (κ3) is 5.28. The monoisotopic (exact) mass is 566 g/mol. The Morgan fingerprint density at radius 1 is 1.10 bits per heavy atom. The largest absolute Gasteiger partial charge is 0.480 e. The molecular formula is C29H33F3N8O. The summed E-state index contributed by atoms with van der Waals surface area (Å²) in [6, 6.07) is 7.61. The number of halogens is 3. The number of likely N-dealkylation sites (N-methyl/N-ethyl adjacent to an activating group) is 1. The molecule has 0 atom stereocenters. The molecule has 0 amide bonds. The van der Waals surface area contributed by atoms with Crippen LogP contribution in [0.2, 0.25) is 0 Å². The number of ether oxygens (including phenoxy) is 1. The first-order valence-electron chi connectivity index (χ1n) is 13.7. The van der Waals surface area contributed by atoms with Gasteiger partial charge in [0.2, 0.25) is 5.88 Å². The fraction of sp³-hybridized carbons (Fsp3) is 0.448. The first kappa shape index (κ1) is 27.3. The van der Waals surface area contributed by atoms with Gasteiger partial charge in [0.25, 0.3) is 0 Å². The van der Waals surface area contributed by atoms with E-state index in [-0.39, 0.29) is 0 Å². The SMILES string of the molecule is COc1ncnc(C2CC2)c1-c1nn(C)c2c1CN(c1ccc(-c3nc(C(F)(F)F)cn3CCN(C)C)cc1)CC2. The summed E-state index contributed by atoms with van der Waals surface area (Å²) < 4.78 is 49.6. The third-order valence-electron chi connectivity index (χ3n) is 7.82. The molecule has 1 aliphatic heterocycles. The molecule has 0 unspecified atom stereocenters. The number of imidazole rings is 1. The Labute approximate surface area is 236 Å². The molecule has 3 aromatic heterocycles. The van der Waals surface area contributed by atoms with E-state index in [1.807, 2.05) is 55.0 Å². The predicted molar refractivity (Wildman–Crippen MR) is 149 cm³/mol. The minimum Gasteiger partial charge on any atom is -0.480 e. The summed E-state index contributed by atoms with van der Waals surface area (Å²) in [5, 5.41) is 4.91. The van der Waals surface area contributed by atoms with Gasteiger partial charge in [0, 0.05) is 74.3 Å². The van der Waals surface area contributed by atoms with Crippen LogP contribution in [0.15, 0.2) is 36.8 Å². The van der Waals surface area contributed by atoms with E-state index in [0.29, 0.717) is 42.8 Å². The lowest BCUT2D eigenvalue weighted by Crippen LogP contribution is -2.31. The molecule has 6 rings (SSSR count). The summed E-state index contributed by atoms with van der Waals surface area (Å²) in [7, 11) is 7.37. The highest BCUT2D eigenvalue weighted by atomic mass is 19.4. The fourth-order valence-electron chi connectivity index (χ4n) is 5.52. The highest BCUT2D eigenvalue weighted by Crippen LogP contribution is 2.46. The Balaban J connectivity index is 1.30. The van der Waals surface area contributed by atoms with Gasteiger partial charge in [0.15, 0.2) is 5.69 Å². The van der Waals surface area contributed by atoms with Crippen LogP contribution in [-0.4, -0.2) is 68.5 Å². The van der Waals surface area contributed by atoms with Crippen molar-refractivity contribution in [3.05, 3.63) is 59.4 Å².